The van der Waals surface area contributed by atoms with E-state index < -0.39 is 10.1 Å². The van der Waals surface area contributed by atoms with E-state index >= 15 is 0 Å². The highest BCUT2D eigenvalue weighted by Crippen LogP contribution is 2.35. The predicted octanol–water partition coefficient (Wildman–Crippen LogP) is 3.40. The summed E-state index contributed by atoms with van der Waals surface area (Å²) in [7, 11) is -3.63. The molecule has 0 aromatic heterocycles. The molecule has 0 atom stereocenters. The summed E-state index contributed by atoms with van der Waals surface area (Å²) in [5, 5.41) is 0. The zero-order chi connectivity index (χ0) is 16.6. The lowest BCUT2D eigenvalue weighted by Crippen LogP contribution is -2.05. The minimum absolute atomic E-state index is 0.101. The third-order valence-electron chi connectivity index (χ3n) is 3.06. The van der Waals surface area contributed by atoms with Gasteiger partial charge >= 0.3 is 10.1 Å². The van der Waals surface area contributed by atoms with Gasteiger partial charge < -0.3 is 8.92 Å². The smallest absolute Gasteiger partial charge is 0.306 e. The van der Waals surface area contributed by atoms with Crippen molar-refractivity contribution >= 4 is 37.9 Å². The van der Waals surface area contributed by atoms with Crippen LogP contribution in [0.15, 0.2) is 52.7 Å². The Balaban J connectivity index is 1.91. The zero-order valence-electron chi connectivity index (χ0n) is 11.9. The van der Waals surface area contributed by atoms with E-state index in [-0.39, 0.29) is 23.0 Å². The number of rotatable bonds is 3. The first-order chi connectivity index (χ1) is 10.8. The standard InChI is InChI=1S/C16H11BrO5S/c1-23(19,20)22-12-6-7-13-14(9-12)21-15(16(13)18)8-10-2-4-11(17)5-3-10/h2-9H,1H3. The van der Waals surface area contributed by atoms with Crippen LogP contribution in [0.3, 0.4) is 0 Å². The first-order valence-corrected chi connectivity index (χ1v) is 9.16. The lowest BCUT2D eigenvalue weighted by molar-refractivity contribution is 0.101. The molecule has 3 rings (SSSR count). The van der Waals surface area contributed by atoms with Crippen molar-refractivity contribution in [2.75, 3.05) is 6.26 Å². The van der Waals surface area contributed by atoms with E-state index in [1.54, 1.807) is 6.08 Å². The first-order valence-electron chi connectivity index (χ1n) is 6.55. The van der Waals surface area contributed by atoms with Gasteiger partial charge in [0.25, 0.3) is 0 Å². The van der Waals surface area contributed by atoms with Gasteiger partial charge in [0.2, 0.25) is 5.78 Å². The van der Waals surface area contributed by atoms with E-state index in [0.29, 0.717) is 5.56 Å². The second-order valence-electron chi connectivity index (χ2n) is 4.94. The summed E-state index contributed by atoms with van der Waals surface area (Å²) in [6.45, 7) is 0. The molecule has 0 unspecified atom stereocenters. The van der Waals surface area contributed by atoms with E-state index in [0.717, 1.165) is 16.3 Å². The maximum Gasteiger partial charge on any atom is 0.306 e. The monoisotopic (exact) mass is 394 g/mol. The molecule has 0 aliphatic carbocycles. The van der Waals surface area contributed by atoms with E-state index in [2.05, 4.69) is 15.9 Å². The van der Waals surface area contributed by atoms with Crippen molar-refractivity contribution in [3.63, 3.8) is 0 Å². The molecule has 7 heteroatoms. The average Bonchev–Trinajstić information content (AvgIpc) is 2.76. The number of allylic oxidation sites excluding steroid dienone is 1. The number of hydrogen-bond donors (Lipinski definition) is 0. The lowest BCUT2D eigenvalue weighted by atomic mass is 10.1. The molecular weight excluding hydrogens is 384 g/mol. The highest BCUT2D eigenvalue weighted by atomic mass is 79.9. The fourth-order valence-electron chi connectivity index (χ4n) is 2.10. The van der Waals surface area contributed by atoms with Crippen LogP contribution in [-0.4, -0.2) is 20.5 Å². The van der Waals surface area contributed by atoms with Crippen molar-refractivity contribution in [1.29, 1.82) is 0 Å². The molecule has 0 N–H and O–H groups in total. The second-order valence-corrected chi connectivity index (χ2v) is 7.43. The molecule has 118 valence electrons. The highest BCUT2D eigenvalue weighted by molar-refractivity contribution is 9.10. The average molecular weight is 395 g/mol. The van der Waals surface area contributed by atoms with Gasteiger partial charge in [-0.2, -0.15) is 8.42 Å². The van der Waals surface area contributed by atoms with E-state index in [4.69, 9.17) is 8.92 Å². The normalized spacial score (nSPS) is 15.4. The van der Waals surface area contributed by atoms with Crippen molar-refractivity contribution in [3.8, 4) is 11.5 Å². The molecule has 0 spiro atoms. The summed E-state index contributed by atoms with van der Waals surface area (Å²) in [5.41, 5.74) is 1.19. The van der Waals surface area contributed by atoms with Crippen molar-refractivity contribution < 1.29 is 22.1 Å². The van der Waals surface area contributed by atoms with Crippen LogP contribution < -0.4 is 8.92 Å². The highest BCUT2D eigenvalue weighted by Gasteiger charge is 2.28. The lowest BCUT2D eigenvalue weighted by Gasteiger charge is -2.04. The van der Waals surface area contributed by atoms with Crippen molar-refractivity contribution in [3.05, 3.63) is 63.8 Å². The van der Waals surface area contributed by atoms with Crippen LogP contribution in [0.4, 0.5) is 0 Å². The summed E-state index contributed by atoms with van der Waals surface area (Å²) in [5.74, 6) is 0.302. The number of ketones is 1. The largest absolute Gasteiger partial charge is 0.452 e. The molecule has 1 heterocycles. The second kappa shape index (κ2) is 5.82. The molecule has 1 aliphatic rings. The summed E-state index contributed by atoms with van der Waals surface area (Å²) in [4.78, 5) is 12.3. The molecule has 5 nitrogen and oxygen atoms in total. The topological polar surface area (TPSA) is 69.7 Å². The Labute approximate surface area is 141 Å². The van der Waals surface area contributed by atoms with Crippen LogP contribution in [0.2, 0.25) is 0 Å². The van der Waals surface area contributed by atoms with Crippen LogP contribution in [0, 0.1) is 0 Å². The zero-order valence-corrected chi connectivity index (χ0v) is 14.3. The quantitative estimate of drug-likeness (QED) is 0.589. The molecular formula is C16H11BrO5S. The van der Waals surface area contributed by atoms with Gasteiger partial charge in [0.05, 0.1) is 11.8 Å². The third-order valence-corrected chi connectivity index (χ3v) is 4.08. The van der Waals surface area contributed by atoms with Gasteiger partial charge in [-0.1, -0.05) is 28.1 Å². The molecule has 0 bridgehead atoms. The van der Waals surface area contributed by atoms with Crippen molar-refractivity contribution in [2.45, 2.75) is 0 Å². The fraction of sp³-hybridized carbons (Fsp3) is 0.0625. The summed E-state index contributed by atoms with van der Waals surface area (Å²) >= 11 is 3.34. The van der Waals surface area contributed by atoms with E-state index in [1.165, 1.54) is 18.2 Å². The van der Waals surface area contributed by atoms with Crippen LogP contribution in [-0.2, 0) is 10.1 Å². The van der Waals surface area contributed by atoms with Gasteiger partial charge in [-0.25, -0.2) is 0 Å². The molecule has 2 aromatic carbocycles. The SMILES string of the molecule is CS(=O)(=O)Oc1ccc2c(c1)OC(=Cc1ccc(Br)cc1)C2=O. The molecule has 0 fully saturated rings. The number of ether oxygens (including phenoxy) is 1. The third kappa shape index (κ3) is 3.62. The molecule has 1 aliphatic heterocycles. The van der Waals surface area contributed by atoms with Gasteiger partial charge in [-0.05, 0) is 35.9 Å². The Morgan fingerprint density at radius 2 is 1.83 bits per heavy atom. The molecule has 0 saturated heterocycles. The summed E-state index contributed by atoms with van der Waals surface area (Å²) < 4.78 is 33.6. The fourth-order valence-corrected chi connectivity index (χ4v) is 2.82. The number of fused-ring (bicyclic) bond motifs is 1. The number of carbonyl (C=O) groups excluding carboxylic acids is 1. The molecule has 0 radical (unpaired) electrons. The maximum atomic E-state index is 12.3. The number of hydrogen-bond acceptors (Lipinski definition) is 5. The van der Waals surface area contributed by atoms with E-state index in [1.807, 2.05) is 24.3 Å². The first kappa shape index (κ1) is 15.8. The summed E-state index contributed by atoms with van der Waals surface area (Å²) in [6.07, 6.45) is 2.58. The Hall–Kier alpha value is -2.12. The number of Topliss-reactive ketones (excluding diaryl/α,β-unsaturated/α-hetero) is 1. The Morgan fingerprint density at radius 3 is 2.48 bits per heavy atom. The van der Waals surface area contributed by atoms with Gasteiger partial charge in [0.1, 0.15) is 11.5 Å². The van der Waals surface area contributed by atoms with Crippen molar-refractivity contribution in [1.82, 2.24) is 0 Å². The van der Waals surface area contributed by atoms with Gasteiger partial charge in [0.15, 0.2) is 5.76 Å². The Kier molecular flexibility index (Phi) is 3.99. The predicted molar refractivity (Wildman–Crippen MR) is 89.0 cm³/mol. The molecule has 23 heavy (non-hydrogen) atoms. The van der Waals surface area contributed by atoms with Crippen LogP contribution in [0.5, 0.6) is 11.5 Å². The minimum Gasteiger partial charge on any atom is -0.452 e. The van der Waals surface area contributed by atoms with Gasteiger partial charge in [-0.15, -0.1) is 0 Å². The van der Waals surface area contributed by atoms with Crippen LogP contribution in [0.25, 0.3) is 6.08 Å². The molecule has 2 aromatic rings. The molecule has 0 amide bonds. The molecule has 0 saturated carbocycles. The van der Waals surface area contributed by atoms with Gasteiger partial charge in [0, 0.05) is 10.5 Å². The van der Waals surface area contributed by atoms with Crippen molar-refractivity contribution in [2.24, 2.45) is 0 Å². The van der Waals surface area contributed by atoms with E-state index in [9.17, 15) is 13.2 Å². The Bertz CT molecular complexity index is 914. The number of benzene rings is 2. The maximum absolute atomic E-state index is 12.3. The van der Waals surface area contributed by atoms with Crippen LogP contribution >= 0.6 is 15.9 Å². The number of halogens is 1. The van der Waals surface area contributed by atoms with Crippen LogP contribution in [0.1, 0.15) is 15.9 Å². The number of carbonyl (C=O) groups is 1. The summed E-state index contributed by atoms with van der Waals surface area (Å²) in [6, 6.07) is 11.7. The Morgan fingerprint density at radius 1 is 1.13 bits per heavy atom. The van der Waals surface area contributed by atoms with Gasteiger partial charge in [-0.3, -0.25) is 4.79 Å². The minimum atomic E-state index is -3.63.